The van der Waals surface area contributed by atoms with E-state index in [4.69, 9.17) is 0 Å². The largest absolute Gasteiger partial charge is 0.356 e. The van der Waals surface area contributed by atoms with Gasteiger partial charge in [-0.1, -0.05) is 20.8 Å². The van der Waals surface area contributed by atoms with Crippen molar-refractivity contribution in [1.82, 2.24) is 20.2 Å². The fourth-order valence-electron chi connectivity index (χ4n) is 2.45. The highest BCUT2D eigenvalue weighted by Crippen LogP contribution is 2.17. The first-order valence-electron chi connectivity index (χ1n) is 7.97. The van der Waals surface area contributed by atoms with Gasteiger partial charge in [-0.25, -0.2) is 9.97 Å². The minimum absolute atomic E-state index is 0. The molecule has 23 heavy (non-hydrogen) atoms. The van der Waals surface area contributed by atoms with E-state index >= 15 is 0 Å². The smallest absolute Gasteiger partial charge is 0.225 e. The second-order valence-electron chi connectivity index (χ2n) is 6.81. The van der Waals surface area contributed by atoms with Crippen LogP contribution in [0.4, 0.5) is 5.95 Å². The molecule has 0 atom stereocenters. The number of halogens is 1. The Balaban J connectivity index is 0.00000264. The van der Waals surface area contributed by atoms with Gasteiger partial charge in [-0.15, -0.1) is 24.0 Å². The summed E-state index contributed by atoms with van der Waals surface area (Å²) < 4.78 is 0. The molecule has 0 saturated carbocycles. The zero-order valence-electron chi connectivity index (χ0n) is 14.6. The van der Waals surface area contributed by atoms with Crippen LogP contribution >= 0.6 is 24.0 Å². The summed E-state index contributed by atoms with van der Waals surface area (Å²) in [6, 6.07) is 1.85. The van der Waals surface area contributed by atoms with Gasteiger partial charge < -0.3 is 15.1 Å². The van der Waals surface area contributed by atoms with Gasteiger partial charge in [0, 0.05) is 52.2 Å². The van der Waals surface area contributed by atoms with Crippen molar-refractivity contribution >= 4 is 35.9 Å². The van der Waals surface area contributed by atoms with Gasteiger partial charge in [0.2, 0.25) is 5.95 Å². The monoisotopic (exact) mass is 432 g/mol. The lowest BCUT2D eigenvalue weighted by atomic mass is 9.92. The average Bonchev–Trinajstić information content (AvgIpc) is 2.52. The number of piperazine rings is 1. The summed E-state index contributed by atoms with van der Waals surface area (Å²) in [6.45, 7) is 11.5. The summed E-state index contributed by atoms with van der Waals surface area (Å²) in [5, 5.41) is 3.48. The van der Waals surface area contributed by atoms with Crippen LogP contribution in [0.3, 0.4) is 0 Å². The van der Waals surface area contributed by atoms with E-state index in [9.17, 15) is 0 Å². The standard InChI is InChI=1S/C16H28N6.HI/c1-16(2,3)6-9-20-14(17-4)21-10-12-22(13-11-21)15-18-7-5-8-19-15;/h5,7-8H,6,9-13H2,1-4H3,(H,17,20);1H. The maximum Gasteiger partial charge on any atom is 0.225 e. The normalized spacial score (nSPS) is 16.1. The molecule has 0 unspecified atom stereocenters. The van der Waals surface area contributed by atoms with E-state index in [1.807, 2.05) is 13.1 Å². The fourth-order valence-corrected chi connectivity index (χ4v) is 2.45. The minimum Gasteiger partial charge on any atom is -0.356 e. The number of hydrogen-bond acceptors (Lipinski definition) is 4. The van der Waals surface area contributed by atoms with Gasteiger partial charge in [0.05, 0.1) is 0 Å². The lowest BCUT2D eigenvalue weighted by Crippen LogP contribution is -2.53. The predicted molar refractivity (Wildman–Crippen MR) is 107 cm³/mol. The highest BCUT2D eigenvalue weighted by molar-refractivity contribution is 14.0. The first kappa shape index (κ1) is 19.9. The zero-order valence-corrected chi connectivity index (χ0v) is 16.9. The third kappa shape index (κ3) is 6.48. The van der Waals surface area contributed by atoms with Crippen molar-refractivity contribution in [3.63, 3.8) is 0 Å². The van der Waals surface area contributed by atoms with E-state index in [-0.39, 0.29) is 24.0 Å². The Bertz CT molecular complexity index is 477. The van der Waals surface area contributed by atoms with Crippen molar-refractivity contribution < 1.29 is 0 Å². The highest BCUT2D eigenvalue weighted by atomic mass is 127. The summed E-state index contributed by atoms with van der Waals surface area (Å²) in [4.78, 5) is 17.6. The lowest BCUT2D eigenvalue weighted by molar-refractivity contribution is 0.352. The lowest BCUT2D eigenvalue weighted by Gasteiger charge is -2.36. The van der Waals surface area contributed by atoms with E-state index in [1.165, 1.54) is 0 Å². The Kier molecular flexibility index (Phi) is 8.01. The molecule has 1 aliphatic rings. The number of aliphatic imine (C=N–C) groups is 1. The second-order valence-corrected chi connectivity index (χ2v) is 6.81. The molecule has 130 valence electrons. The van der Waals surface area contributed by atoms with Crippen LogP contribution in [0.15, 0.2) is 23.5 Å². The summed E-state index contributed by atoms with van der Waals surface area (Å²) in [5.74, 6) is 1.82. The van der Waals surface area contributed by atoms with E-state index in [0.717, 1.165) is 51.1 Å². The summed E-state index contributed by atoms with van der Waals surface area (Å²) >= 11 is 0. The predicted octanol–water partition coefficient (Wildman–Crippen LogP) is 2.23. The van der Waals surface area contributed by atoms with Crippen molar-refractivity contribution in [2.75, 3.05) is 44.7 Å². The van der Waals surface area contributed by atoms with Gasteiger partial charge in [0.25, 0.3) is 0 Å². The van der Waals surface area contributed by atoms with Crippen LogP contribution in [0.25, 0.3) is 0 Å². The topological polar surface area (TPSA) is 56.7 Å². The summed E-state index contributed by atoms with van der Waals surface area (Å²) in [7, 11) is 1.85. The molecule has 1 N–H and O–H groups in total. The number of rotatable bonds is 3. The van der Waals surface area contributed by atoms with Crippen molar-refractivity contribution in [3.05, 3.63) is 18.5 Å². The number of anilines is 1. The molecular formula is C16H29IN6. The first-order chi connectivity index (χ1) is 10.5. The number of aromatic nitrogens is 2. The molecule has 1 aromatic rings. The zero-order chi connectivity index (χ0) is 16.0. The molecule has 1 fully saturated rings. The summed E-state index contributed by atoms with van der Waals surface area (Å²) in [6.07, 6.45) is 4.72. The van der Waals surface area contributed by atoms with Crippen LogP contribution in [0.2, 0.25) is 0 Å². The fraction of sp³-hybridized carbons (Fsp3) is 0.688. The van der Waals surface area contributed by atoms with E-state index in [1.54, 1.807) is 12.4 Å². The number of guanidine groups is 1. The van der Waals surface area contributed by atoms with E-state index in [2.05, 4.69) is 50.8 Å². The molecule has 1 aromatic heterocycles. The number of hydrogen-bond donors (Lipinski definition) is 1. The Hall–Kier alpha value is -1.12. The van der Waals surface area contributed by atoms with Crippen LogP contribution in [0.1, 0.15) is 27.2 Å². The molecule has 0 aliphatic carbocycles. The Labute approximate surface area is 156 Å². The molecule has 0 spiro atoms. The molecule has 0 aromatic carbocycles. The first-order valence-corrected chi connectivity index (χ1v) is 7.97. The van der Waals surface area contributed by atoms with E-state index < -0.39 is 0 Å². The molecule has 1 saturated heterocycles. The average molecular weight is 432 g/mol. The van der Waals surface area contributed by atoms with Crippen molar-refractivity contribution in [2.45, 2.75) is 27.2 Å². The van der Waals surface area contributed by atoms with Gasteiger partial charge >= 0.3 is 0 Å². The number of nitrogens with one attached hydrogen (secondary N) is 1. The molecule has 2 rings (SSSR count). The maximum absolute atomic E-state index is 4.41. The molecule has 0 radical (unpaired) electrons. The third-order valence-corrected chi connectivity index (χ3v) is 3.78. The second kappa shape index (κ2) is 9.24. The van der Waals surface area contributed by atoms with Crippen LogP contribution in [-0.4, -0.2) is 60.6 Å². The Morgan fingerprint density at radius 3 is 2.30 bits per heavy atom. The molecule has 7 heteroatoms. The molecule has 0 bridgehead atoms. The van der Waals surface area contributed by atoms with Gasteiger partial charge in [-0.3, -0.25) is 4.99 Å². The highest BCUT2D eigenvalue weighted by Gasteiger charge is 2.21. The van der Waals surface area contributed by atoms with Gasteiger partial charge in [0.15, 0.2) is 5.96 Å². The summed E-state index contributed by atoms with van der Waals surface area (Å²) in [5.41, 5.74) is 0.342. The Morgan fingerprint density at radius 1 is 1.17 bits per heavy atom. The Morgan fingerprint density at radius 2 is 1.78 bits per heavy atom. The number of nitrogens with zero attached hydrogens (tertiary/aromatic N) is 5. The minimum atomic E-state index is 0. The van der Waals surface area contributed by atoms with Crippen LogP contribution < -0.4 is 10.2 Å². The van der Waals surface area contributed by atoms with Gasteiger partial charge in [-0.05, 0) is 17.9 Å². The van der Waals surface area contributed by atoms with Crippen molar-refractivity contribution in [1.29, 1.82) is 0 Å². The van der Waals surface area contributed by atoms with Crippen molar-refractivity contribution in [2.24, 2.45) is 10.4 Å². The molecular weight excluding hydrogens is 403 g/mol. The molecule has 1 aliphatic heterocycles. The molecule has 2 heterocycles. The SMILES string of the molecule is CN=C(NCCC(C)(C)C)N1CCN(c2ncccn2)CC1.I. The van der Waals surface area contributed by atoms with Gasteiger partial charge in [-0.2, -0.15) is 0 Å². The van der Waals surface area contributed by atoms with Crippen LogP contribution in [0, 0.1) is 5.41 Å². The quantitative estimate of drug-likeness (QED) is 0.451. The van der Waals surface area contributed by atoms with E-state index in [0.29, 0.717) is 5.41 Å². The van der Waals surface area contributed by atoms with Crippen LogP contribution in [-0.2, 0) is 0 Å². The molecule has 6 nitrogen and oxygen atoms in total. The van der Waals surface area contributed by atoms with Gasteiger partial charge in [0.1, 0.15) is 0 Å². The maximum atomic E-state index is 4.41. The third-order valence-electron chi connectivity index (χ3n) is 3.78. The van der Waals surface area contributed by atoms with Crippen molar-refractivity contribution in [3.8, 4) is 0 Å². The van der Waals surface area contributed by atoms with Crippen LogP contribution in [0.5, 0.6) is 0 Å². The molecule has 0 amide bonds.